The van der Waals surface area contributed by atoms with Gasteiger partial charge >= 0.3 is 5.97 Å². The number of carbonyl (C=O) groups excluding carboxylic acids is 1. The lowest BCUT2D eigenvalue weighted by molar-refractivity contribution is -0.229. The minimum absolute atomic E-state index is 0.0103. The Kier molecular flexibility index (Phi) is 4.24. The van der Waals surface area contributed by atoms with Crippen molar-refractivity contribution in [2.24, 2.45) is 0 Å². The maximum Gasteiger partial charge on any atom is 0.336 e. The van der Waals surface area contributed by atoms with Crippen LogP contribution in [0.25, 0.3) is 46.3 Å². The lowest BCUT2D eigenvalue weighted by Gasteiger charge is -2.18. The highest BCUT2D eigenvalue weighted by Crippen LogP contribution is 2.40. The SMILES string of the molecule is C=c1ccc2c(-c3ccccc3C(=O)O)c3ccc(=O)c(C=O)c-3oc2c1=C[O-]. The fourth-order valence-corrected chi connectivity index (χ4v) is 3.50. The van der Waals surface area contributed by atoms with E-state index in [1.807, 2.05) is 0 Å². The molecule has 1 aliphatic heterocycles. The van der Waals surface area contributed by atoms with Crippen molar-refractivity contribution in [3.8, 4) is 22.5 Å². The van der Waals surface area contributed by atoms with Crippen molar-refractivity contribution in [2.75, 3.05) is 0 Å². The number of benzene rings is 3. The smallest absolute Gasteiger partial charge is 0.336 e. The van der Waals surface area contributed by atoms with E-state index in [0.29, 0.717) is 39.8 Å². The summed E-state index contributed by atoms with van der Waals surface area (Å²) >= 11 is 0. The second-order valence-corrected chi connectivity index (χ2v) is 6.43. The van der Waals surface area contributed by atoms with Crippen LogP contribution in [-0.4, -0.2) is 17.4 Å². The molecule has 142 valence electrons. The number of aldehydes is 1. The topological polar surface area (TPSA) is 108 Å². The van der Waals surface area contributed by atoms with E-state index in [2.05, 4.69) is 6.58 Å². The van der Waals surface area contributed by atoms with E-state index in [1.54, 1.807) is 30.3 Å². The molecule has 0 atom stereocenters. The number of carbonyl (C=O) groups is 2. The second kappa shape index (κ2) is 6.76. The molecule has 0 fully saturated rings. The Bertz CT molecular complexity index is 1450. The van der Waals surface area contributed by atoms with Crippen LogP contribution in [0.5, 0.6) is 0 Å². The van der Waals surface area contributed by atoms with Crippen molar-refractivity contribution >= 4 is 36.1 Å². The lowest BCUT2D eigenvalue weighted by Crippen LogP contribution is -2.26. The second-order valence-electron chi connectivity index (χ2n) is 6.43. The summed E-state index contributed by atoms with van der Waals surface area (Å²) in [5, 5.41) is 22.4. The number of carboxylic acids is 1. The molecule has 2 aromatic carbocycles. The first kappa shape index (κ1) is 18.2. The fraction of sp³-hybridized carbons (Fsp3) is 0. The van der Waals surface area contributed by atoms with E-state index in [9.17, 15) is 24.6 Å². The Labute approximate surface area is 163 Å². The fourth-order valence-electron chi connectivity index (χ4n) is 3.50. The van der Waals surface area contributed by atoms with E-state index >= 15 is 0 Å². The van der Waals surface area contributed by atoms with Gasteiger partial charge in [-0.3, -0.25) is 9.59 Å². The molecule has 1 heterocycles. The Hall–Kier alpha value is -4.19. The maximum absolute atomic E-state index is 12.2. The molecular formula is C23H13O6-. The monoisotopic (exact) mass is 385 g/mol. The predicted octanol–water partition coefficient (Wildman–Crippen LogP) is 1.58. The van der Waals surface area contributed by atoms with Crippen molar-refractivity contribution in [1.82, 2.24) is 0 Å². The molecule has 2 aliphatic rings. The molecule has 0 saturated carbocycles. The van der Waals surface area contributed by atoms with Crippen molar-refractivity contribution < 1.29 is 24.2 Å². The van der Waals surface area contributed by atoms with Gasteiger partial charge in [-0.2, -0.15) is 0 Å². The first-order chi connectivity index (χ1) is 14.0. The zero-order chi connectivity index (χ0) is 20.7. The van der Waals surface area contributed by atoms with Gasteiger partial charge in [0.05, 0.1) is 5.56 Å². The Morgan fingerprint density at radius 3 is 2.52 bits per heavy atom. The third-order valence-corrected chi connectivity index (χ3v) is 4.85. The number of hydrogen-bond donors (Lipinski definition) is 1. The number of aromatic carboxylic acids is 1. The first-order valence-electron chi connectivity index (χ1n) is 8.59. The highest BCUT2D eigenvalue weighted by molar-refractivity contribution is 6.08. The quantitative estimate of drug-likeness (QED) is 0.424. The molecular weight excluding hydrogens is 372 g/mol. The van der Waals surface area contributed by atoms with Gasteiger partial charge in [-0.25, -0.2) is 4.79 Å². The van der Waals surface area contributed by atoms with Crippen LogP contribution in [0.3, 0.4) is 0 Å². The summed E-state index contributed by atoms with van der Waals surface area (Å²) in [6.07, 6.45) is 0.968. The average molecular weight is 385 g/mol. The third kappa shape index (κ3) is 2.70. The van der Waals surface area contributed by atoms with Crippen LogP contribution < -0.4 is 21.0 Å². The van der Waals surface area contributed by atoms with Gasteiger partial charge in [0.25, 0.3) is 0 Å². The zero-order valence-electron chi connectivity index (χ0n) is 15.0. The van der Waals surface area contributed by atoms with E-state index in [-0.39, 0.29) is 27.7 Å². The van der Waals surface area contributed by atoms with Crippen molar-refractivity contribution in [1.29, 1.82) is 0 Å². The molecule has 2 aromatic rings. The minimum Gasteiger partial charge on any atom is -0.877 e. The molecule has 1 aliphatic carbocycles. The number of rotatable bonds is 3. The van der Waals surface area contributed by atoms with Crippen LogP contribution in [0, 0.1) is 0 Å². The van der Waals surface area contributed by atoms with Crippen LogP contribution in [0.1, 0.15) is 20.7 Å². The van der Waals surface area contributed by atoms with Crippen LogP contribution in [0.2, 0.25) is 0 Å². The Morgan fingerprint density at radius 2 is 1.83 bits per heavy atom. The molecule has 0 bridgehead atoms. The standard InChI is InChI=1S/C23H14O6/c1-12-6-7-15-20(13-4-2-3-5-14(13)23(27)28)16-8-9-19(26)18(11-25)22(16)29-21(15)17(12)10-24/h2-11,24H,1H2,(H,27,28)/p-1. The molecule has 0 amide bonds. The highest BCUT2D eigenvalue weighted by Gasteiger charge is 2.24. The summed E-state index contributed by atoms with van der Waals surface area (Å²) in [5.74, 6) is -1.15. The molecule has 1 N–H and O–H groups in total. The first-order valence-corrected chi connectivity index (χ1v) is 8.59. The average Bonchev–Trinajstić information content (AvgIpc) is 2.72. The van der Waals surface area contributed by atoms with Crippen molar-refractivity contribution in [2.45, 2.75) is 0 Å². The predicted molar refractivity (Wildman–Crippen MR) is 106 cm³/mol. The lowest BCUT2D eigenvalue weighted by atomic mass is 9.89. The summed E-state index contributed by atoms with van der Waals surface area (Å²) in [7, 11) is 0. The number of carboxylic acid groups (broad SMARTS) is 1. The molecule has 0 spiro atoms. The minimum atomic E-state index is -1.14. The summed E-state index contributed by atoms with van der Waals surface area (Å²) in [4.78, 5) is 35.6. The molecule has 6 nitrogen and oxygen atoms in total. The molecule has 0 unspecified atom stereocenters. The molecule has 0 aromatic heterocycles. The number of fused-ring (bicyclic) bond motifs is 2. The van der Waals surface area contributed by atoms with Gasteiger partial charge in [-0.1, -0.05) is 30.8 Å². The summed E-state index contributed by atoms with van der Waals surface area (Å²) in [6, 6.07) is 12.4. The van der Waals surface area contributed by atoms with E-state index < -0.39 is 11.4 Å². The summed E-state index contributed by atoms with van der Waals surface area (Å²) in [6.45, 7) is 3.81. The molecule has 29 heavy (non-hydrogen) atoms. The molecule has 4 rings (SSSR count). The summed E-state index contributed by atoms with van der Waals surface area (Å²) in [5.41, 5.74) is 0.633. The van der Waals surface area contributed by atoms with Crippen molar-refractivity contribution in [3.63, 3.8) is 0 Å². The molecule has 0 radical (unpaired) electrons. The van der Waals surface area contributed by atoms with E-state index in [4.69, 9.17) is 4.42 Å². The van der Waals surface area contributed by atoms with Gasteiger partial charge in [0.2, 0.25) is 0 Å². The Morgan fingerprint density at radius 1 is 1.07 bits per heavy atom. The van der Waals surface area contributed by atoms with E-state index in [1.165, 1.54) is 18.2 Å². The van der Waals surface area contributed by atoms with Crippen molar-refractivity contribution in [3.05, 3.63) is 80.3 Å². The van der Waals surface area contributed by atoms with Crippen LogP contribution in [0.4, 0.5) is 0 Å². The maximum atomic E-state index is 12.2. The summed E-state index contributed by atoms with van der Waals surface area (Å²) < 4.78 is 5.86. The van der Waals surface area contributed by atoms with Crippen LogP contribution in [0.15, 0.2) is 57.7 Å². The highest BCUT2D eigenvalue weighted by atomic mass is 16.4. The van der Waals surface area contributed by atoms with Gasteiger partial charge in [0, 0.05) is 21.7 Å². The van der Waals surface area contributed by atoms with Gasteiger partial charge in [-0.05, 0) is 35.0 Å². The Balaban J connectivity index is 2.36. The normalized spacial score (nSPS) is 11.8. The van der Waals surface area contributed by atoms with Gasteiger partial charge in [0.15, 0.2) is 11.7 Å². The van der Waals surface area contributed by atoms with Crippen LogP contribution in [-0.2, 0) is 0 Å². The van der Waals surface area contributed by atoms with E-state index in [0.717, 1.165) is 0 Å². The molecule has 0 saturated heterocycles. The van der Waals surface area contributed by atoms with Gasteiger partial charge in [0.1, 0.15) is 16.9 Å². The van der Waals surface area contributed by atoms with Gasteiger partial charge < -0.3 is 14.6 Å². The largest absolute Gasteiger partial charge is 0.877 e. The zero-order valence-corrected chi connectivity index (χ0v) is 15.0. The molecule has 6 heteroatoms. The van der Waals surface area contributed by atoms with Crippen LogP contribution >= 0.6 is 0 Å². The number of hydrogen-bond acceptors (Lipinski definition) is 5. The third-order valence-electron chi connectivity index (χ3n) is 4.85. The van der Waals surface area contributed by atoms with Gasteiger partial charge in [-0.15, -0.1) is 6.26 Å².